The van der Waals surface area contributed by atoms with Crippen LogP contribution in [0, 0.1) is 0 Å². The molecule has 0 fully saturated rings. The molecule has 0 spiro atoms. The second-order valence-corrected chi connectivity index (χ2v) is 3.97. The van der Waals surface area contributed by atoms with Gasteiger partial charge in [0.1, 0.15) is 5.75 Å². The maximum absolute atomic E-state index is 11.5. The van der Waals surface area contributed by atoms with Crippen LogP contribution in [0.3, 0.4) is 0 Å². The van der Waals surface area contributed by atoms with Crippen LogP contribution in [0.5, 0.6) is 5.75 Å². The first-order chi connectivity index (χ1) is 6.83. The van der Waals surface area contributed by atoms with E-state index in [9.17, 15) is 4.55 Å². The molecule has 1 atom stereocenters. The Morgan fingerprint density at radius 2 is 2.14 bits per heavy atom. The number of nitrogens with zero attached hydrogens (tertiary/aromatic N) is 1. The maximum atomic E-state index is 11.5. The fraction of sp³-hybridized carbons (Fsp3) is 0.100. The van der Waals surface area contributed by atoms with Crippen LogP contribution in [0.2, 0.25) is 0 Å². The van der Waals surface area contributed by atoms with Crippen molar-refractivity contribution in [3.05, 3.63) is 35.8 Å². The van der Waals surface area contributed by atoms with Crippen LogP contribution in [-0.4, -0.2) is 16.6 Å². The molecule has 0 bridgehead atoms. The number of para-hydroxylation sites is 1. The Hall–Kier alpha value is -1.39. The highest BCUT2D eigenvalue weighted by Crippen LogP contribution is 2.34. The third-order valence-electron chi connectivity index (χ3n) is 1.90. The molecule has 1 aromatic carbocycles. The molecule has 14 heavy (non-hydrogen) atoms. The average molecular weight is 207 g/mol. The van der Waals surface area contributed by atoms with Crippen LogP contribution in [0.15, 0.2) is 35.8 Å². The number of thiazole rings is 1. The van der Waals surface area contributed by atoms with Gasteiger partial charge in [-0.15, -0.1) is 0 Å². The highest BCUT2D eigenvalue weighted by molar-refractivity contribution is 7.26. The third kappa shape index (κ3) is 1.49. The number of ether oxygens (including phenoxy) is 1. The second-order valence-electron chi connectivity index (χ2n) is 2.72. The van der Waals surface area contributed by atoms with Gasteiger partial charge in [0.05, 0.1) is 18.9 Å². The van der Waals surface area contributed by atoms with Crippen LogP contribution in [-0.2, 0) is 0 Å². The lowest BCUT2D eigenvalue weighted by atomic mass is 10.2. The van der Waals surface area contributed by atoms with Gasteiger partial charge < -0.3 is 9.29 Å². The molecule has 0 aliphatic heterocycles. The summed E-state index contributed by atoms with van der Waals surface area (Å²) in [7, 11) is 0.454. The highest BCUT2D eigenvalue weighted by atomic mass is 32.2. The van der Waals surface area contributed by atoms with Gasteiger partial charge in [-0.3, -0.25) is 0 Å². The van der Waals surface area contributed by atoms with Crippen molar-refractivity contribution in [1.29, 1.82) is 0 Å². The number of rotatable bonds is 2. The molecule has 0 N–H and O–H groups in total. The van der Waals surface area contributed by atoms with Gasteiger partial charge in [-0.2, -0.15) is 0 Å². The summed E-state index contributed by atoms with van der Waals surface area (Å²) in [5, 5.41) is 2.12. The fourth-order valence-corrected chi connectivity index (χ4v) is 2.12. The van der Waals surface area contributed by atoms with Crippen LogP contribution in [0.4, 0.5) is 0 Å². The molecule has 0 saturated carbocycles. The van der Waals surface area contributed by atoms with Crippen molar-refractivity contribution in [2.75, 3.05) is 7.11 Å². The van der Waals surface area contributed by atoms with E-state index in [0.29, 0.717) is 10.8 Å². The Bertz CT molecular complexity index is 439. The number of benzene rings is 1. The van der Waals surface area contributed by atoms with Gasteiger partial charge in [-0.1, -0.05) is 12.1 Å². The topological polar surface area (TPSA) is 45.2 Å². The predicted molar refractivity (Wildman–Crippen MR) is 54.9 cm³/mol. The molecular formula is C10H9NO2S. The smallest absolute Gasteiger partial charge is 0.276 e. The molecule has 0 saturated heterocycles. The minimum atomic E-state index is -1.13. The maximum Gasteiger partial charge on any atom is 0.276 e. The standard InChI is InChI=1S/C10H9NO2S/c1-13-9-5-3-2-4-8(9)10-11-6-7-14(10)12/h2-7H,1H3. The van der Waals surface area contributed by atoms with Gasteiger partial charge >= 0.3 is 0 Å². The molecule has 0 aliphatic rings. The first kappa shape index (κ1) is 9.18. The Balaban J connectivity index is 2.56. The molecule has 0 radical (unpaired) electrons. The monoisotopic (exact) mass is 207 g/mol. The zero-order valence-electron chi connectivity index (χ0n) is 7.64. The zero-order chi connectivity index (χ0) is 9.97. The Morgan fingerprint density at radius 1 is 1.36 bits per heavy atom. The van der Waals surface area contributed by atoms with E-state index in [4.69, 9.17) is 4.74 Å². The average Bonchev–Trinajstić information content (AvgIpc) is 2.64. The van der Waals surface area contributed by atoms with Crippen LogP contribution in [0.1, 0.15) is 0 Å². The Kier molecular flexibility index (Phi) is 2.47. The summed E-state index contributed by atoms with van der Waals surface area (Å²) >= 11 is 0. The van der Waals surface area contributed by atoms with E-state index in [1.165, 1.54) is 0 Å². The first-order valence-corrected chi connectivity index (χ1v) is 5.32. The summed E-state index contributed by atoms with van der Waals surface area (Å²) in [6, 6.07) is 7.42. The number of hydrogen-bond donors (Lipinski definition) is 0. The summed E-state index contributed by atoms with van der Waals surface area (Å²) in [6.45, 7) is 0. The van der Waals surface area contributed by atoms with Crippen molar-refractivity contribution >= 4 is 10.8 Å². The van der Waals surface area contributed by atoms with Gasteiger partial charge in [0.15, 0.2) is 5.38 Å². The minimum Gasteiger partial charge on any atom is -0.589 e. The second kappa shape index (κ2) is 3.77. The van der Waals surface area contributed by atoms with E-state index in [0.717, 1.165) is 5.56 Å². The van der Waals surface area contributed by atoms with Crippen LogP contribution < -0.4 is 4.74 Å². The first-order valence-electron chi connectivity index (χ1n) is 4.11. The van der Waals surface area contributed by atoms with E-state index in [-0.39, 0.29) is 0 Å². The third-order valence-corrected chi connectivity index (χ3v) is 2.98. The number of methoxy groups -OCH3 is 1. The molecule has 1 aromatic heterocycles. The van der Waals surface area contributed by atoms with Gasteiger partial charge in [-0.25, -0.2) is 4.98 Å². The van der Waals surface area contributed by atoms with Gasteiger partial charge in [0.2, 0.25) is 0 Å². The predicted octanol–water partition coefficient (Wildman–Crippen LogP) is 2.48. The zero-order valence-corrected chi connectivity index (χ0v) is 8.45. The molecule has 1 unspecified atom stereocenters. The number of aromatic nitrogens is 1. The van der Waals surface area contributed by atoms with E-state index in [1.54, 1.807) is 18.7 Å². The lowest BCUT2D eigenvalue weighted by Crippen LogP contribution is -1.87. The van der Waals surface area contributed by atoms with Crippen LogP contribution in [0.25, 0.3) is 10.6 Å². The summed E-state index contributed by atoms with van der Waals surface area (Å²) in [5.41, 5.74) is 0.790. The fourth-order valence-electron chi connectivity index (χ4n) is 1.27. The van der Waals surface area contributed by atoms with E-state index in [2.05, 4.69) is 4.98 Å². The van der Waals surface area contributed by atoms with E-state index < -0.39 is 10.8 Å². The van der Waals surface area contributed by atoms with Crippen LogP contribution >= 0.6 is 10.8 Å². The molecule has 2 aromatic rings. The summed E-state index contributed by atoms with van der Waals surface area (Å²) in [6.07, 6.45) is 1.55. The number of hydrogen-bond acceptors (Lipinski definition) is 3. The molecule has 0 aliphatic carbocycles. The Labute approximate surface area is 84.8 Å². The van der Waals surface area contributed by atoms with Gasteiger partial charge in [0.25, 0.3) is 5.01 Å². The van der Waals surface area contributed by atoms with E-state index in [1.807, 2.05) is 24.3 Å². The summed E-state index contributed by atoms with van der Waals surface area (Å²) in [5.74, 6) is 0.698. The molecule has 72 valence electrons. The lowest BCUT2D eigenvalue weighted by Gasteiger charge is -2.03. The van der Waals surface area contributed by atoms with Crippen molar-refractivity contribution in [2.45, 2.75) is 0 Å². The van der Waals surface area contributed by atoms with E-state index >= 15 is 0 Å². The molecule has 0 amide bonds. The lowest BCUT2D eigenvalue weighted by molar-refractivity contribution is 0.416. The van der Waals surface area contributed by atoms with Crippen molar-refractivity contribution in [1.82, 2.24) is 4.98 Å². The minimum absolute atomic E-state index is 0.558. The van der Waals surface area contributed by atoms with Gasteiger partial charge in [-0.05, 0) is 22.9 Å². The summed E-state index contributed by atoms with van der Waals surface area (Å²) < 4.78 is 16.6. The SMILES string of the molecule is COc1ccccc1-c1ncc[s+]1[O-]. The van der Waals surface area contributed by atoms with Crippen molar-refractivity contribution in [3.8, 4) is 16.3 Å². The summed E-state index contributed by atoms with van der Waals surface area (Å²) in [4.78, 5) is 4.05. The van der Waals surface area contributed by atoms with Crippen molar-refractivity contribution < 1.29 is 9.29 Å². The molecule has 4 heteroatoms. The normalized spacial score (nSPS) is 11.4. The van der Waals surface area contributed by atoms with Crippen molar-refractivity contribution in [2.24, 2.45) is 0 Å². The molecule has 3 nitrogen and oxygen atoms in total. The molecular weight excluding hydrogens is 198 g/mol. The Morgan fingerprint density at radius 3 is 2.79 bits per heavy atom. The quantitative estimate of drug-likeness (QED) is 0.711. The molecule has 2 rings (SSSR count). The largest absolute Gasteiger partial charge is 0.589 e. The highest BCUT2D eigenvalue weighted by Gasteiger charge is 2.14. The van der Waals surface area contributed by atoms with Gasteiger partial charge in [0, 0.05) is 0 Å². The van der Waals surface area contributed by atoms with Crippen molar-refractivity contribution in [3.63, 3.8) is 0 Å². The molecule has 1 heterocycles.